The quantitative estimate of drug-likeness (QED) is 0.818. The van der Waals surface area contributed by atoms with Crippen LogP contribution in [0.4, 0.5) is 0 Å². The topological polar surface area (TPSA) is 67.2 Å². The maximum Gasteiger partial charge on any atom is 0.228 e. The van der Waals surface area contributed by atoms with Gasteiger partial charge in [0, 0.05) is 18.9 Å². The Hall–Kier alpha value is -1.36. The van der Waals surface area contributed by atoms with Crippen LogP contribution in [0.2, 0.25) is 0 Å². The number of imidazole rings is 1. The highest BCUT2D eigenvalue weighted by Crippen LogP contribution is 2.47. The smallest absolute Gasteiger partial charge is 0.228 e. The fourth-order valence-corrected chi connectivity index (χ4v) is 1.86. The van der Waals surface area contributed by atoms with Gasteiger partial charge in [0.05, 0.1) is 23.4 Å². The molecule has 0 aliphatic heterocycles. The molecule has 1 fully saturated rings. The van der Waals surface area contributed by atoms with Gasteiger partial charge in [-0.3, -0.25) is 4.79 Å². The zero-order valence-electron chi connectivity index (χ0n) is 11.2. The van der Waals surface area contributed by atoms with E-state index in [0.29, 0.717) is 6.54 Å². The molecular weight excluding hydrogens is 230 g/mol. The molecule has 1 saturated carbocycles. The Bertz CT molecular complexity index is 416. The molecule has 1 atom stereocenters. The second-order valence-electron chi connectivity index (χ2n) is 5.86. The summed E-state index contributed by atoms with van der Waals surface area (Å²) in [6, 6.07) is -0.259. The number of carbonyl (C=O) groups excluding carboxylic acids is 1. The first-order valence-corrected chi connectivity index (χ1v) is 6.33. The number of aliphatic hydroxyl groups is 1. The van der Waals surface area contributed by atoms with Gasteiger partial charge in [-0.2, -0.15) is 0 Å². The van der Waals surface area contributed by atoms with Crippen molar-refractivity contribution in [3.8, 4) is 0 Å². The Morgan fingerprint density at radius 3 is 2.72 bits per heavy atom. The maximum absolute atomic E-state index is 12.3. The lowest BCUT2D eigenvalue weighted by atomic mass is 9.98. The largest absolute Gasteiger partial charge is 0.388 e. The van der Waals surface area contributed by atoms with Crippen LogP contribution in [-0.2, 0) is 11.3 Å². The van der Waals surface area contributed by atoms with Gasteiger partial charge in [0.25, 0.3) is 0 Å². The molecule has 5 heteroatoms. The average molecular weight is 251 g/mol. The van der Waals surface area contributed by atoms with E-state index in [1.165, 1.54) is 0 Å². The number of rotatable bonds is 5. The minimum atomic E-state index is -0.902. The number of carbonyl (C=O) groups is 1. The first-order chi connectivity index (χ1) is 8.33. The van der Waals surface area contributed by atoms with Gasteiger partial charge in [-0.1, -0.05) is 0 Å². The summed E-state index contributed by atoms with van der Waals surface area (Å²) in [7, 11) is 0. The van der Waals surface area contributed by atoms with Gasteiger partial charge in [-0.05, 0) is 33.6 Å². The van der Waals surface area contributed by atoms with Gasteiger partial charge in [-0.25, -0.2) is 4.98 Å². The zero-order valence-corrected chi connectivity index (χ0v) is 11.2. The van der Waals surface area contributed by atoms with E-state index in [4.69, 9.17) is 0 Å². The van der Waals surface area contributed by atoms with Gasteiger partial charge < -0.3 is 15.0 Å². The van der Waals surface area contributed by atoms with Crippen molar-refractivity contribution in [2.24, 2.45) is 5.41 Å². The lowest BCUT2D eigenvalue weighted by Crippen LogP contribution is -2.50. The van der Waals surface area contributed by atoms with Crippen molar-refractivity contribution >= 4 is 5.91 Å². The van der Waals surface area contributed by atoms with Gasteiger partial charge in [-0.15, -0.1) is 0 Å². The zero-order chi connectivity index (χ0) is 13.4. The average Bonchev–Trinajstić information content (AvgIpc) is 2.85. The van der Waals surface area contributed by atoms with Crippen molar-refractivity contribution in [2.75, 3.05) is 0 Å². The molecule has 0 spiro atoms. The molecule has 100 valence electrons. The summed E-state index contributed by atoms with van der Waals surface area (Å²) < 4.78 is 1.93. The third-order valence-electron chi connectivity index (χ3n) is 3.79. The number of hydrogen-bond acceptors (Lipinski definition) is 3. The maximum atomic E-state index is 12.3. The van der Waals surface area contributed by atoms with E-state index in [1.807, 2.05) is 17.7 Å². The van der Waals surface area contributed by atoms with Crippen LogP contribution in [0.25, 0.3) is 0 Å². The van der Waals surface area contributed by atoms with Crippen molar-refractivity contribution in [1.82, 2.24) is 14.9 Å². The van der Waals surface area contributed by atoms with Crippen LogP contribution in [0, 0.1) is 5.41 Å². The highest BCUT2D eigenvalue weighted by molar-refractivity contribution is 5.85. The Kier molecular flexibility index (Phi) is 3.19. The molecule has 5 nitrogen and oxygen atoms in total. The molecule has 1 heterocycles. The third-order valence-corrected chi connectivity index (χ3v) is 3.79. The summed E-state index contributed by atoms with van der Waals surface area (Å²) >= 11 is 0. The van der Waals surface area contributed by atoms with E-state index in [1.54, 1.807) is 26.4 Å². The molecule has 1 aromatic heterocycles. The van der Waals surface area contributed by atoms with E-state index in [-0.39, 0.29) is 17.4 Å². The van der Waals surface area contributed by atoms with Gasteiger partial charge in [0.1, 0.15) is 0 Å². The van der Waals surface area contributed by atoms with E-state index in [2.05, 4.69) is 10.3 Å². The van der Waals surface area contributed by atoms with E-state index in [0.717, 1.165) is 12.8 Å². The highest BCUT2D eigenvalue weighted by Gasteiger charge is 2.50. The highest BCUT2D eigenvalue weighted by atomic mass is 16.3. The summed E-state index contributed by atoms with van der Waals surface area (Å²) in [5.41, 5.74) is -1.21. The van der Waals surface area contributed by atoms with Crippen molar-refractivity contribution in [1.29, 1.82) is 0 Å². The van der Waals surface area contributed by atoms with Crippen LogP contribution in [0.15, 0.2) is 18.7 Å². The number of aromatic nitrogens is 2. The minimum absolute atomic E-state index is 0.0332. The third kappa shape index (κ3) is 2.72. The van der Waals surface area contributed by atoms with Crippen LogP contribution >= 0.6 is 0 Å². The lowest BCUT2D eigenvalue weighted by Gasteiger charge is -2.28. The van der Waals surface area contributed by atoms with Gasteiger partial charge in [0.15, 0.2) is 0 Å². The summed E-state index contributed by atoms with van der Waals surface area (Å²) in [4.78, 5) is 16.2. The summed E-state index contributed by atoms with van der Waals surface area (Å²) in [5, 5.41) is 12.8. The minimum Gasteiger partial charge on any atom is -0.388 e. The number of nitrogens with zero attached hydrogens (tertiary/aromatic N) is 2. The Morgan fingerprint density at radius 2 is 2.28 bits per heavy atom. The lowest BCUT2D eigenvalue weighted by molar-refractivity contribution is -0.129. The predicted octanol–water partition coefficient (Wildman–Crippen LogP) is 0.939. The molecule has 0 radical (unpaired) electrons. The standard InChI is InChI=1S/C13H21N3O2/c1-10(12(2,3)18)15-11(17)13(4-5-13)8-16-7-6-14-9-16/h6-7,9-10,18H,4-5,8H2,1-3H3,(H,15,17)/t10-/m0/s1. The Morgan fingerprint density at radius 1 is 1.61 bits per heavy atom. The molecule has 1 aliphatic carbocycles. The summed E-state index contributed by atoms with van der Waals surface area (Å²) in [6.07, 6.45) is 7.11. The summed E-state index contributed by atoms with van der Waals surface area (Å²) in [6.45, 7) is 5.89. The van der Waals surface area contributed by atoms with Crippen LogP contribution < -0.4 is 5.32 Å². The fraction of sp³-hybridized carbons (Fsp3) is 0.692. The summed E-state index contributed by atoms with van der Waals surface area (Å²) in [5.74, 6) is 0.0332. The first-order valence-electron chi connectivity index (χ1n) is 6.33. The van der Waals surface area contributed by atoms with E-state index >= 15 is 0 Å². The molecule has 2 rings (SSSR count). The number of nitrogens with one attached hydrogen (secondary N) is 1. The van der Waals surface area contributed by atoms with Crippen LogP contribution in [0.3, 0.4) is 0 Å². The van der Waals surface area contributed by atoms with E-state index < -0.39 is 5.60 Å². The molecule has 0 bridgehead atoms. The second-order valence-corrected chi connectivity index (χ2v) is 5.86. The number of amides is 1. The SMILES string of the molecule is C[C@H](NC(=O)C1(Cn2ccnc2)CC1)C(C)(C)O. The van der Waals surface area contributed by atoms with E-state index in [9.17, 15) is 9.90 Å². The molecule has 18 heavy (non-hydrogen) atoms. The van der Waals surface area contributed by atoms with Crippen LogP contribution in [0.5, 0.6) is 0 Å². The van der Waals surface area contributed by atoms with Gasteiger partial charge in [0.2, 0.25) is 5.91 Å². The van der Waals surface area contributed by atoms with Crippen LogP contribution in [0.1, 0.15) is 33.6 Å². The van der Waals surface area contributed by atoms with Crippen LogP contribution in [-0.4, -0.2) is 32.2 Å². The van der Waals surface area contributed by atoms with Crippen molar-refractivity contribution < 1.29 is 9.90 Å². The van der Waals surface area contributed by atoms with Crippen molar-refractivity contribution in [2.45, 2.75) is 51.8 Å². The molecule has 2 N–H and O–H groups in total. The Labute approximate surface area is 107 Å². The molecule has 1 aliphatic rings. The second kappa shape index (κ2) is 4.39. The molecule has 1 amide bonds. The normalized spacial score (nSPS) is 19.3. The monoisotopic (exact) mass is 251 g/mol. The van der Waals surface area contributed by atoms with Gasteiger partial charge >= 0.3 is 0 Å². The predicted molar refractivity (Wildman–Crippen MR) is 67.8 cm³/mol. The molecular formula is C13H21N3O2. The van der Waals surface area contributed by atoms with Crippen molar-refractivity contribution in [3.05, 3.63) is 18.7 Å². The molecule has 0 aromatic carbocycles. The first kappa shape index (κ1) is 13.1. The van der Waals surface area contributed by atoms with Crippen molar-refractivity contribution in [3.63, 3.8) is 0 Å². The molecule has 0 unspecified atom stereocenters. The molecule has 1 aromatic rings. The number of hydrogen-bond donors (Lipinski definition) is 2. The fourth-order valence-electron chi connectivity index (χ4n) is 1.86. The molecule has 0 saturated heterocycles. The Balaban J connectivity index is 1.97.